The number of carbonyl (C=O) groups is 2. The second-order valence-corrected chi connectivity index (χ2v) is 6.93. The van der Waals surface area contributed by atoms with Crippen molar-refractivity contribution in [1.29, 1.82) is 0 Å². The zero-order chi connectivity index (χ0) is 16.5. The van der Waals surface area contributed by atoms with Crippen molar-refractivity contribution in [2.75, 3.05) is 19.3 Å². The topological polar surface area (TPSA) is 49.4 Å². The van der Waals surface area contributed by atoms with Gasteiger partial charge in [0.2, 0.25) is 11.8 Å². The Hall–Kier alpha value is -1.49. The van der Waals surface area contributed by atoms with E-state index < -0.39 is 0 Å². The quantitative estimate of drug-likeness (QED) is 0.529. The molecule has 0 spiro atoms. The van der Waals surface area contributed by atoms with E-state index in [1.54, 1.807) is 16.7 Å². The number of unbranched alkanes of at least 4 members (excludes halogenated alkanes) is 3. The highest BCUT2D eigenvalue weighted by Gasteiger charge is 2.36. The van der Waals surface area contributed by atoms with Gasteiger partial charge in [0, 0.05) is 6.54 Å². The van der Waals surface area contributed by atoms with Crippen molar-refractivity contribution < 1.29 is 9.59 Å². The van der Waals surface area contributed by atoms with Crippen molar-refractivity contribution in [3.8, 4) is 0 Å². The van der Waals surface area contributed by atoms with Gasteiger partial charge in [0.05, 0.1) is 11.8 Å². The maximum atomic E-state index is 11.8. The van der Waals surface area contributed by atoms with Gasteiger partial charge in [-0.1, -0.05) is 43.2 Å². The van der Waals surface area contributed by atoms with Gasteiger partial charge in [-0.25, -0.2) is 0 Å². The maximum Gasteiger partial charge on any atom is 0.239 e. The molecule has 1 unspecified atom stereocenters. The molecule has 2 amide bonds. The van der Waals surface area contributed by atoms with E-state index in [9.17, 15) is 9.59 Å². The van der Waals surface area contributed by atoms with E-state index in [1.165, 1.54) is 18.4 Å². The summed E-state index contributed by atoms with van der Waals surface area (Å²) in [6.45, 7) is 0.911. The molecule has 0 aromatic heterocycles. The number of thioether (sulfide) groups is 1. The van der Waals surface area contributed by atoms with E-state index in [1.807, 2.05) is 12.3 Å². The van der Waals surface area contributed by atoms with Crippen molar-refractivity contribution >= 4 is 23.6 Å². The summed E-state index contributed by atoms with van der Waals surface area (Å²) in [7, 11) is 0. The van der Waals surface area contributed by atoms with Crippen molar-refractivity contribution in [3.05, 3.63) is 35.9 Å². The number of benzene rings is 1. The molecule has 0 radical (unpaired) electrons. The van der Waals surface area contributed by atoms with Gasteiger partial charge in [0.25, 0.3) is 0 Å². The summed E-state index contributed by atoms with van der Waals surface area (Å²) in [6.07, 6.45) is 8.16. The van der Waals surface area contributed by atoms with E-state index in [0.29, 0.717) is 13.0 Å². The number of hydrogen-bond donors (Lipinski definition) is 1. The van der Waals surface area contributed by atoms with Gasteiger partial charge in [0.1, 0.15) is 6.54 Å². The molecular formula is C18H26N2O2S. The summed E-state index contributed by atoms with van der Waals surface area (Å²) in [6, 6.07) is 10.5. The molecule has 1 fully saturated rings. The van der Waals surface area contributed by atoms with Gasteiger partial charge in [-0.2, -0.15) is 0 Å². The van der Waals surface area contributed by atoms with Gasteiger partial charge >= 0.3 is 0 Å². The molecule has 5 heteroatoms. The number of hydrogen-bond acceptors (Lipinski definition) is 3. The summed E-state index contributed by atoms with van der Waals surface area (Å²) in [5.41, 5.74) is 1.39. The summed E-state index contributed by atoms with van der Waals surface area (Å²) < 4.78 is 0. The van der Waals surface area contributed by atoms with Crippen LogP contribution in [0.3, 0.4) is 0 Å². The van der Waals surface area contributed by atoms with Crippen LogP contribution in [0.1, 0.15) is 37.7 Å². The number of nitrogens with one attached hydrogen (secondary N) is 1. The maximum absolute atomic E-state index is 11.8. The standard InChI is InChI=1S/C18H26N2O2S/c1-23-18-13-17(22)20(18)14-16(21)19-12-8-3-2-5-9-15-10-6-4-7-11-15/h4,6-7,10-11,18H,2-3,5,8-9,12-14H2,1H3,(H,19,21). The van der Waals surface area contributed by atoms with Gasteiger partial charge in [-0.15, -0.1) is 11.8 Å². The Balaban J connectivity index is 1.47. The third-order valence-electron chi connectivity index (χ3n) is 4.16. The highest BCUT2D eigenvalue weighted by Crippen LogP contribution is 2.26. The molecule has 1 heterocycles. The summed E-state index contributed by atoms with van der Waals surface area (Å²) in [4.78, 5) is 24.9. The molecular weight excluding hydrogens is 308 g/mol. The van der Waals surface area contributed by atoms with Crippen LogP contribution >= 0.6 is 11.8 Å². The number of rotatable bonds is 10. The first kappa shape index (κ1) is 17.9. The molecule has 23 heavy (non-hydrogen) atoms. The van der Waals surface area contributed by atoms with Crippen LogP contribution in [0.25, 0.3) is 0 Å². The molecule has 1 aromatic rings. The lowest BCUT2D eigenvalue weighted by Crippen LogP contribution is -2.54. The van der Waals surface area contributed by atoms with Crippen LogP contribution in [0.5, 0.6) is 0 Å². The predicted octanol–water partition coefficient (Wildman–Crippen LogP) is 2.83. The number of nitrogens with zero attached hydrogens (tertiary/aromatic N) is 1. The Kier molecular flexibility index (Phi) is 7.46. The predicted molar refractivity (Wildman–Crippen MR) is 95.3 cm³/mol. The monoisotopic (exact) mass is 334 g/mol. The van der Waals surface area contributed by atoms with Crippen LogP contribution < -0.4 is 5.32 Å². The normalized spacial score (nSPS) is 17.0. The molecule has 4 nitrogen and oxygen atoms in total. The molecule has 1 N–H and O–H groups in total. The number of carbonyl (C=O) groups excluding carboxylic acids is 2. The molecule has 2 rings (SSSR count). The molecule has 0 bridgehead atoms. The molecule has 1 aromatic carbocycles. The largest absolute Gasteiger partial charge is 0.355 e. The summed E-state index contributed by atoms with van der Waals surface area (Å²) in [5, 5.41) is 3.10. The van der Waals surface area contributed by atoms with Gasteiger partial charge in [-0.3, -0.25) is 9.59 Å². The minimum Gasteiger partial charge on any atom is -0.355 e. The molecule has 0 saturated carbocycles. The minimum atomic E-state index is -0.0404. The first-order chi connectivity index (χ1) is 11.2. The fourth-order valence-electron chi connectivity index (χ4n) is 2.72. The van der Waals surface area contributed by atoms with Gasteiger partial charge < -0.3 is 10.2 Å². The zero-order valence-corrected chi connectivity index (χ0v) is 14.6. The SMILES string of the molecule is CSC1CC(=O)N1CC(=O)NCCCCCCc1ccccc1. The lowest BCUT2D eigenvalue weighted by atomic mass is 10.1. The van der Waals surface area contributed by atoms with Crippen LogP contribution in [0, 0.1) is 0 Å². The Morgan fingerprint density at radius 3 is 2.65 bits per heavy atom. The van der Waals surface area contributed by atoms with Crippen LogP contribution in [-0.2, 0) is 16.0 Å². The van der Waals surface area contributed by atoms with E-state index >= 15 is 0 Å². The number of β-lactam (4-membered cyclic amide) rings is 1. The molecule has 0 aliphatic carbocycles. The van der Waals surface area contributed by atoms with E-state index in [0.717, 1.165) is 19.3 Å². The molecule has 1 aliphatic rings. The number of amides is 2. The lowest BCUT2D eigenvalue weighted by Gasteiger charge is -2.38. The first-order valence-corrected chi connectivity index (χ1v) is 9.62. The molecule has 1 saturated heterocycles. The molecule has 1 aliphatic heterocycles. The highest BCUT2D eigenvalue weighted by molar-refractivity contribution is 7.99. The molecule has 1 atom stereocenters. The highest BCUT2D eigenvalue weighted by atomic mass is 32.2. The van der Waals surface area contributed by atoms with Crippen molar-refractivity contribution in [3.63, 3.8) is 0 Å². The van der Waals surface area contributed by atoms with Crippen LogP contribution in [0.2, 0.25) is 0 Å². The summed E-state index contributed by atoms with van der Waals surface area (Å²) >= 11 is 1.63. The van der Waals surface area contributed by atoms with Crippen LogP contribution in [0.4, 0.5) is 0 Å². The Morgan fingerprint density at radius 1 is 1.22 bits per heavy atom. The van der Waals surface area contributed by atoms with Crippen LogP contribution in [-0.4, -0.2) is 41.4 Å². The minimum absolute atomic E-state index is 0.0404. The van der Waals surface area contributed by atoms with Crippen molar-refractivity contribution in [1.82, 2.24) is 10.2 Å². The first-order valence-electron chi connectivity index (χ1n) is 8.33. The Morgan fingerprint density at radius 2 is 1.96 bits per heavy atom. The van der Waals surface area contributed by atoms with Crippen molar-refractivity contribution in [2.24, 2.45) is 0 Å². The number of aryl methyl sites for hydroxylation is 1. The number of likely N-dealkylation sites (tertiary alicyclic amines) is 1. The van der Waals surface area contributed by atoms with E-state index in [4.69, 9.17) is 0 Å². The van der Waals surface area contributed by atoms with E-state index in [-0.39, 0.29) is 23.7 Å². The fraction of sp³-hybridized carbons (Fsp3) is 0.556. The zero-order valence-electron chi connectivity index (χ0n) is 13.8. The smallest absolute Gasteiger partial charge is 0.239 e. The van der Waals surface area contributed by atoms with E-state index in [2.05, 4.69) is 29.6 Å². The fourth-order valence-corrected chi connectivity index (χ4v) is 3.47. The average Bonchev–Trinajstić information content (AvgIpc) is 2.57. The average molecular weight is 334 g/mol. The Labute approximate surface area is 143 Å². The summed E-state index contributed by atoms with van der Waals surface area (Å²) in [5.74, 6) is 0.0433. The van der Waals surface area contributed by atoms with Crippen LogP contribution in [0.15, 0.2) is 30.3 Å². The van der Waals surface area contributed by atoms with Gasteiger partial charge in [-0.05, 0) is 31.1 Å². The third kappa shape index (κ3) is 5.90. The van der Waals surface area contributed by atoms with Gasteiger partial charge in [0.15, 0.2) is 0 Å². The second-order valence-electron chi connectivity index (χ2n) is 5.92. The lowest BCUT2D eigenvalue weighted by molar-refractivity contribution is -0.145. The second kappa shape index (κ2) is 9.60. The Bertz CT molecular complexity index is 507. The third-order valence-corrected chi connectivity index (χ3v) is 5.13. The molecule has 126 valence electrons. The van der Waals surface area contributed by atoms with Crippen molar-refractivity contribution in [2.45, 2.75) is 43.9 Å².